The normalized spacial score (nSPS) is 25.9. The van der Waals surface area contributed by atoms with Crippen LogP contribution in [0.5, 0.6) is 0 Å². The molecule has 2 atom stereocenters. The molecule has 122 valence electrons. The fraction of sp³-hybridized carbons (Fsp3) is 0.733. The van der Waals surface area contributed by atoms with Gasteiger partial charge in [-0.15, -0.1) is 0 Å². The summed E-state index contributed by atoms with van der Waals surface area (Å²) in [6.45, 7) is 2.64. The number of nitrogens with one attached hydrogen (secondary N) is 1. The minimum Gasteiger partial charge on any atom is -0.381 e. The second kappa shape index (κ2) is 7.19. The van der Waals surface area contributed by atoms with Crippen LogP contribution in [0, 0.1) is 11.7 Å². The molecule has 0 spiro atoms. The van der Waals surface area contributed by atoms with E-state index in [0.29, 0.717) is 32.1 Å². The Kier molecular flexibility index (Phi) is 5.04. The molecule has 0 bridgehead atoms. The molecule has 2 aliphatic heterocycles. The van der Waals surface area contributed by atoms with Gasteiger partial charge in [0.2, 0.25) is 5.82 Å². The Bertz CT molecular complexity index is 551. The molecule has 0 radical (unpaired) electrons. The van der Waals surface area contributed by atoms with E-state index < -0.39 is 17.6 Å². The summed E-state index contributed by atoms with van der Waals surface area (Å²) in [7, 11) is 0. The van der Waals surface area contributed by atoms with Crippen molar-refractivity contribution in [1.29, 1.82) is 0 Å². The summed E-state index contributed by atoms with van der Waals surface area (Å²) in [6.07, 6.45) is 5.62. The second-order valence-electron chi connectivity index (χ2n) is 5.91. The van der Waals surface area contributed by atoms with E-state index in [1.807, 2.05) is 0 Å². The molecule has 0 saturated carbocycles. The van der Waals surface area contributed by atoms with Gasteiger partial charge in [-0.25, -0.2) is 0 Å². The molecule has 1 aromatic rings. The summed E-state index contributed by atoms with van der Waals surface area (Å²) in [5.41, 5.74) is -0.570. The lowest BCUT2D eigenvalue weighted by Crippen LogP contribution is -2.33. The third-order valence-corrected chi connectivity index (χ3v) is 4.21. The smallest absolute Gasteiger partial charge is 0.307 e. The predicted octanol–water partition coefficient (Wildman–Crippen LogP) is 1.92. The van der Waals surface area contributed by atoms with E-state index in [1.54, 1.807) is 0 Å². The average molecular weight is 311 g/mol. The topological polar surface area (TPSA) is 65.4 Å². The Morgan fingerprint density at radius 3 is 2.95 bits per heavy atom. The fourth-order valence-corrected chi connectivity index (χ4v) is 2.91. The molecule has 2 fully saturated rings. The molecule has 0 amide bonds. The number of rotatable bonds is 4. The maximum atomic E-state index is 14.2. The largest absolute Gasteiger partial charge is 0.381 e. The predicted molar refractivity (Wildman–Crippen MR) is 79.3 cm³/mol. The molecule has 22 heavy (non-hydrogen) atoms. The zero-order chi connectivity index (χ0) is 15.4. The van der Waals surface area contributed by atoms with Crippen molar-refractivity contribution in [3.8, 4) is 0 Å². The van der Waals surface area contributed by atoms with Crippen LogP contribution in [-0.2, 0) is 9.47 Å². The van der Waals surface area contributed by atoms with Crippen LogP contribution in [0.2, 0.25) is 0 Å². The number of hydrogen-bond acceptors (Lipinski definition) is 5. The minimum atomic E-state index is -0.791. The van der Waals surface area contributed by atoms with Gasteiger partial charge in [0.25, 0.3) is 0 Å². The van der Waals surface area contributed by atoms with Gasteiger partial charge >= 0.3 is 5.56 Å². The van der Waals surface area contributed by atoms with Gasteiger partial charge in [0.05, 0.1) is 18.5 Å². The molecule has 2 unspecified atom stereocenters. The van der Waals surface area contributed by atoms with Gasteiger partial charge in [0, 0.05) is 19.8 Å². The zero-order valence-electron chi connectivity index (χ0n) is 12.6. The quantitative estimate of drug-likeness (QED) is 0.920. The molecule has 0 aromatic carbocycles. The lowest BCUT2D eigenvalue weighted by Gasteiger charge is -2.24. The van der Waals surface area contributed by atoms with Crippen molar-refractivity contribution in [3.05, 3.63) is 22.4 Å². The summed E-state index contributed by atoms with van der Waals surface area (Å²) in [5, 5.41) is 7.05. The van der Waals surface area contributed by atoms with Crippen LogP contribution in [-0.4, -0.2) is 36.1 Å². The first-order chi connectivity index (χ1) is 10.8. The van der Waals surface area contributed by atoms with Crippen LogP contribution in [0.3, 0.4) is 0 Å². The lowest BCUT2D eigenvalue weighted by molar-refractivity contribution is -0.0431. The van der Waals surface area contributed by atoms with Crippen LogP contribution in [0.1, 0.15) is 38.3 Å². The van der Waals surface area contributed by atoms with Crippen LogP contribution in [0.15, 0.2) is 11.0 Å². The third kappa shape index (κ3) is 3.47. The summed E-state index contributed by atoms with van der Waals surface area (Å²) in [4.78, 5) is 12.1. The number of ether oxygens (including phenoxy) is 2. The van der Waals surface area contributed by atoms with Crippen molar-refractivity contribution in [3.63, 3.8) is 0 Å². The van der Waals surface area contributed by atoms with Gasteiger partial charge in [-0.2, -0.15) is 14.2 Å². The zero-order valence-corrected chi connectivity index (χ0v) is 12.6. The van der Waals surface area contributed by atoms with E-state index in [-0.39, 0.29) is 5.69 Å². The minimum absolute atomic E-state index is 0.155. The molecule has 7 heteroatoms. The number of aromatic nitrogens is 2. The highest BCUT2D eigenvalue weighted by Crippen LogP contribution is 2.21. The summed E-state index contributed by atoms with van der Waals surface area (Å²) >= 11 is 0. The van der Waals surface area contributed by atoms with E-state index in [0.717, 1.165) is 37.0 Å². The first-order valence-electron chi connectivity index (χ1n) is 7.96. The maximum Gasteiger partial charge on any atom is 0.307 e. The van der Waals surface area contributed by atoms with Gasteiger partial charge in [0.15, 0.2) is 6.23 Å². The Labute approximate surface area is 128 Å². The van der Waals surface area contributed by atoms with Crippen molar-refractivity contribution in [1.82, 2.24) is 9.78 Å². The number of hydrogen-bond donors (Lipinski definition) is 1. The maximum absolute atomic E-state index is 14.2. The van der Waals surface area contributed by atoms with Crippen molar-refractivity contribution >= 4 is 5.69 Å². The Morgan fingerprint density at radius 2 is 2.23 bits per heavy atom. The summed E-state index contributed by atoms with van der Waals surface area (Å²) in [6, 6.07) is 0. The van der Waals surface area contributed by atoms with Crippen LogP contribution >= 0.6 is 0 Å². The van der Waals surface area contributed by atoms with Crippen LogP contribution in [0.25, 0.3) is 0 Å². The summed E-state index contributed by atoms with van der Waals surface area (Å²) < 4.78 is 26.2. The second-order valence-corrected chi connectivity index (χ2v) is 5.91. The molecular weight excluding hydrogens is 289 g/mol. The van der Waals surface area contributed by atoms with Gasteiger partial charge < -0.3 is 14.8 Å². The highest BCUT2D eigenvalue weighted by molar-refractivity contribution is 5.40. The van der Waals surface area contributed by atoms with Crippen molar-refractivity contribution in [2.24, 2.45) is 5.92 Å². The molecule has 0 aliphatic carbocycles. The Morgan fingerprint density at radius 1 is 1.32 bits per heavy atom. The van der Waals surface area contributed by atoms with Gasteiger partial charge in [-0.3, -0.25) is 4.79 Å². The van der Waals surface area contributed by atoms with Gasteiger partial charge in [-0.05, 0) is 38.0 Å². The first kappa shape index (κ1) is 15.4. The van der Waals surface area contributed by atoms with Crippen molar-refractivity contribution in [2.75, 3.05) is 31.7 Å². The highest BCUT2D eigenvalue weighted by atomic mass is 19.1. The molecule has 2 aliphatic rings. The molecule has 3 heterocycles. The fourth-order valence-electron chi connectivity index (χ4n) is 2.91. The van der Waals surface area contributed by atoms with Gasteiger partial charge in [0.1, 0.15) is 0 Å². The van der Waals surface area contributed by atoms with E-state index in [2.05, 4.69) is 10.4 Å². The molecule has 3 rings (SSSR count). The van der Waals surface area contributed by atoms with Crippen LogP contribution < -0.4 is 10.9 Å². The lowest BCUT2D eigenvalue weighted by atomic mass is 10.0. The molecular formula is C15H22FN3O3. The Hall–Kier alpha value is -1.47. The summed E-state index contributed by atoms with van der Waals surface area (Å²) in [5.74, 6) is -0.446. The number of anilines is 1. The first-order valence-corrected chi connectivity index (χ1v) is 7.96. The van der Waals surface area contributed by atoms with Gasteiger partial charge in [-0.1, -0.05) is 0 Å². The third-order valence-electron chi connectivity index (χ3n) is 4.21. The standard InChI is InChI=1S/C15H22FN3O3/c16-14-12(17-8-11-4-3-6-21-10-11)9-18-19(15(14)20)13-5-1-2-7-22-13/h9,11,13,17H,1-8,10H2. The van der Waals surface area contributed by atoms with Crippen molar-refractivity contribution in [2.45, 2.75) is 38.3 Å². The van der Waals surface area contributed by atoms with E-state index in [1.165, 1.54) is 6.20 Å². The number of nitrogens with zero attached hydrogens (tertiary/aromatic N) is 2. The van der Waals surface area contributed by atoms with Crippen molar-refractivity contribution < 1.29 is 13.9 Å². The molecule has 6 nitrogen and oxygen atoms in total. The SMILES string of the molecule is O=c1c(F)c(NCC2CCCOC2)cnn1C1CCCCO1. The molecule has 2 saturated heterocycles. The molecule has 1 aromatic heterocycles. The monoisotopic (exact) mass is 311 g/mol. The average Bonchev–Trinajstić information content (AvgIpc) is 2.58. The molecule has 1 N–H and O–H groups in total. The van der Waals surface area contributed by atoms with E-state index in [4.69, 9.17) is 9.47 Å². The van der Waals surface area contributed by atoms with Crippen LogP contribution in [0.4, 0.5) is 10.1 Å². The Balaban J connectivity index is 1.67. The number of halogens is 1. The van der Waals surface area contributed by atoms with E-state index >= 15 is 0 Å². The van der Waals surface area contributed by atoms with E-state index in [9.17, 15) is 9.18 Å². The highest BCUT2D eigenvalue weighted by Gasteiger charge is 2.21.